The van der Waals surface area contributed by atoms with Crippen LogP contribution in [0.1, 0.15) is 41.0 Å². The fourth-order valence-corrected chi connectivity index (χ4v) is 1.31. The van der Waals surface area contributed by atoms with Crippen LogP contribution < -0.4 is 5.32 Å². The zero-order valence-corrected chi connectivity index (χ0v) is 10.3. The van der Waals surface area contributed by atoms with E-state index in [-0.39, 0.29) is 11.9 Å². The van der Waals surface area contributed by atoms with Crippen LogP contribution in [0.4, 0.5) is 0 Å². The number of methoxy groups -OCH3 is 1. The third-order valence-corrected chi connectivity index (χ3v) is 2.54. The standard InChI is InChI=1S/C13H17NO3/c1-4-9(2)14-12(15)10-6-5-7-11(8-10)13(16)17-3/h5-9H,4H2,1-3H3,(H,14,15). The van der Waals surface area contributed by atoms with Crippen LogP contribution in [0.2, 0.25) is 0 Å². The largest absolute Gasteiger partial charge is 0.465 e. The number of hydrogen-bond acceptors (Lipinski definition) is 3. The lowest BCUT2D eigenvalue weighted by molar-refractivity contribution is 0.0600. The summed E-state index contributed by atoms with van der Waals surface area (Å²) >= 11 is 0. The normalized spacial score (nSPS) is 11.7. The maximum absolute atomic E-state index is 11.8. The van der Waals surface area contributed by atoms with E-state index in [1.165, 1.54) is 13.2 Å². The number of amides is 1. The predicted molar refractivity (Wildman–Crippen MR) is 65.0 cm³/mol. The van der Waals surface area contributed by atoms with Gasteiger partial charge in [0, 0.05) is 11.6 Å². The second kappa shape index (κ2) is 6.03. The van der Waals surface area contributed by atoms with Crippen molar-refractivity contribution in [2.75, 3.05) is 7.11 Å². The van der Waals surface area contributed by atoms with E-state index in [1.807, 2.05) is 13.8 Å². The van der Waals surface area contributed by atoms with Crippen molar-refractivity contribution in [3.8, 4) is 0 Å². The molecular formula is C13H17NO3. The summed E-state index contributed by atoms with van der Waals surface area (Å²) in [7, 11) is 1.31. The van der Waals surface area contributed by atoms with Gasteiger partial charge < -0.3 is 10.1 Å². The quantitative estimate of drug-likeness (QED) is 0.812. The summed E-state index contributed by atoms with van der Waals surface area (Å²) in [6.45, 7) is 3.93. The Bertz CT molecular complexity index is 415. The van der Waals surface area contributed by atoms with Crippen molar-refractivity contribution < 1.29 is 14.3 Å². The van der Waals surface area contributed by atoms with Crippen LogP contribution in [0, 0.1) is 0 Å². The summed E-state index contributed by atoms with van der Waals surface area (Å²) in [5, 5.41) is 2.84. The second-order valence-corrected chi connectivity index (χ2v) is 3.86. The molecule has 0 bridgehead atoms. The highest BCUT2D eigenvalue weighted by Crippen LogP contribution is 2.07. The minimum atomic E-state index is -0.441. The smallest absolute Gasteiger partial charge is 0.337 e. The van der Waals surface area contributed by atoms with Crippen LogP contribution in [0.15, 0.2) is 24.3 Å². The average molecular weight is 235 g/mol. The zero-order chi connectivity index (χ0) is 12.8. The first-order chi connectivity index (χ1) is 8.08. The summed E-state index contributed by atoms with van der Waals surface area (Å²) in [4.78, 5) is 23.1. The van der Waals surface area contributed by atoms with Gasteiger partial charge in [0.25, 0.3) is 5.91 Å². The van der Waals surface area contributed by atoms with Crippen molar-refractivity contribution in [2.45, 2.75) is 26.3 Å². The Hall–Kier alpha value is -1.84. The molecule has 92 valence electrons. The fourth-order valence-electron chi connectivity index (χ4n) is 1.31. The molecule has 1 rings (SSSR count). The Labute approximate surface area is 101 Å². The molecule has 0 fully saturated rings. The number of nitrogens with one attached hydrogen (secondary N) is 1. The summed E-state index contributed by atoms with van der Waals surface area (Å²) in [6.07, 6.45) is 0.864. The molecule has 1 aromatic rings. The first kappa shape index (κ1) is 13.2. The van der Waals surface area contributed by atoms with Crippen molar-refractivity contribution in [2.24, 2.45) is 0 Å². The molecule has 0 aliphatic heterocycles. The van der Waals surface area contributed by atoms with Gasteiger partial charge in [-0.25, -0.2) is 4.79 Å². The zero-order valence-electron chi connectivity index (χ0n) is 10.3. The van der Waals surface area contributed by atoms with Crippen LogP contribution >= 0.6 is 0 Å². The first-order valence-corrected chi connectivity index (χ1v) is 5.57. The lowest BCUT2D eigenvalue weighted by Crippen LogP contribution is -2.32. The van der Waals surface area contributed by atoms with Crippen LogP contribution in [0.3, 0.4) is 0 Å². The van der Waals surface area contributed by atoms with E-state index in [0.717, 1.165) is 6.42 Å². The molecule has 0 heterocycles. The van der Waals surface area contributed by atoms with Gasteiger partial charge in [-0.1, -0.05) is 13.0 Å². The van der Waals surface area contributed by atoms with Crippen LogP contribution in [0.5, 0.6) is 0 Å². The fraction of sp³-hybridized carbons (Fsp3) is 0.385. The number of esters is 1. The summed E-state index contributed by atoms with van der Waals surface area (Å²) < 4.78 is 4.60. The molecule has 4 heteroatoms. The topological polar surface area (TPSA) is 55.4 Å². The lowest BCUT2D eigenvalue weighted by atomic mass is 10.1. The second-order valence-electron chi connectivity index (χ2n) is 3.86. The van der Waals surface area contributed by atoms with Gasteiger partial charge in [0.05, 0.1) is 12.7 Å². The van der Waals surface area contributed by atoms with E-state index < -0.39 is 5.97 Å². The maximum atomic E-state index is 11.8. The van der Waals surface area contributed by atoms with Gasteiger partial charge in [-0.05, 0) is 31.5 Å². The number of rotatable bonds is 4. The third kappa shape index (κ3) is 3.59. The highest BCUT2D eigenvalue weighted by molar-refractivity contribution is 5.97. The molecule has 0 aromatic heterocycles. The van der Waals surface area contributed by atoms with Crippen LogP contribution in [0.25, 0.3) is 0 Å². The Balaban J connectivity index is 2.84. The molecule has 0 aliphatic carbocycles. The van der Waals surface area contributed by atoms with Crippen molar-refractivity contribution in [1.29, 1.82) is 0 Å². The molecule has 1 amide bonds. The van der Waals surface area contributed by atoms with Crippen LogP contribution in [-0.4, -0.2) is 25.0 Å². The molecular weight excluding hydrogens is 218 g/mol. The Morgan fingerprint density at radius 2 is 2.00 bits per heavy atom. The molecule has 0 spiro atoms. The highest BCUT2D eigenvalue weighted by atomic mass is 16.5. The minimum Gasteiger partial charge on any atom is -0.465 e. The Morgan fingerprint density at radius 1 is 1.35 bits per heavy atom. The molecule has 4 nitrogen and oxygen atoms in total. The lowest BCUT2D eigenvalue weighted by Gasteiger charge is -2.11. The Morgan fingerprint density at radius 3 is 2.59 bits per heavy atom. The van der Waals surface area contributed by atoms with Crippen molar-refractivity contribution >= 4 is 11.9 Å². The number of ether oxygens (including phenoxy) is 1. The third-order valence-electron chi connectivity index (χ3n) is 2.54. The van der Waals surface area contributed by atoms with Crippen molar-refractivity contribution in [3.05, 3.63) is 35.4 Å². The molecule has 1 N–H and O–H groups in total. The maximum Gasteiger partial charge on any atom is 0.337 e. The number of carbonyl (C=O) groups excluding carboxylic acids is 2. The number of benzene rings is 1. The van der Waals surface area contributed by atoms with E-state index in [1.54, 1.807) is 18.2 Å². The van der Waals surface area contributed by atoms with E-state index in [9.17, 15) is 9.59 Å². The van der Waals surface area contributed by atoms with Gasteiger partial charge in [0.1, 0.15) is 0 Å². The summed E-state index contributed by atoms with van der Waals surface area (Å²) in [5.74, 6) is -0.617. The number of hydrogen-bond donors (Lipinski definition) is 1. The average Bonchev–Trinajstić information content (AvgIpc) is 2.37. The highest BCUT2D eigenvalue weighted by Gasteiger charge is 2.11. The van der Waals surface area contributed by atoms with E-state index in [2.05, 4.69) is 10.1 Å². The molecule has 17 heavy (non-hydrogen) atoms. The van der Waals surface area contributed by atoms with Gasteiger partial charge in [0.15, 0.2) is 0 Å². The van der Waals surface area contributed by atoms with Gasteiger partial charge in [0.2, 0.25) is 0 Å². The first-order valence-electron chi connectivity index (χ1n) is 5.57. The predicted octanol–water partition coefficient (Wildman–Crippen LogP) is 2.00. The van der Waals surface area contributed by atoms with E-state index in [0.29, 0.717) is 11.1 Å². The van der Waals surface area contributed by atoms with Crippen LogP contribution in [-0.2, 0) is 4.74 Å². The molecule has 1 aromatic carbocycles. The van der Waals surface area contributed by atoms with E-state index >= 15 is 0 Å². The SMILES string of the molecule is CCC(C)NC(=O)c1cccc(C(=O)OC)c1. The molecule has 0 radical (unpaired) electrons. The van der Waals surface area contributed by atoms with Gasteiger partial charge in [-0.3, -0.25) is 4.79 Å². The van der Waals surface area contributed by atoms with Gasteiger partial charge in [-0.15, -0.1) is 0 Å². The van der Waals surface area contributed by atoms with Crippen molar-refractivity contribution in [3.63, 3.8) is 0 Å². The summed E-state index contributed by atoms with van der Waals surface area (Å²) in [5.41, 5.74) is 0.845. The monoisotopic (exact) mass is 235 g/mol. The molecule has 0 saturated heterocycles. The Kier molecular flexibility index (Phi) is 4.69. The van der Waals surface area contributed by atoms with Gasteiger partial charge in [-0.2, -0.15) is 0 Å². The van der Waals surface area contributed by atoms with Gasteiger partial charge >= 0.3 is 5.97 Å². The van der Waals surface area contributed by atoms with Crippen molar-refractivity contribution in [1.82, 2.24) is 5.32 Å². The molecule has 1 atom stereocenters. The summed E-state index contributed by atoms with van der Waals surface area (Å²) in [6, 6.07) is 6.60. The minimum absolute atomic E-state index is 0.115. The molecule has 1 unspecified atom stereocenters. The van der Waals surface area contributed by atoms with E-state index in [4.69, 9.17) is 0 Å². The molecule has 0 saturated carbocycles. The molecule has 0 aliphatic rings. The number of carbonyl (C=O) groups is 2.